The first-order valence-electron chi connectivity index (χ1n) is 5.86. The molecule has 1 rings (SSSR count). The lowest BCUT2D eigenvalue weighted by Crippen LogP contribution is -2.34. The SMILES string of the molecule is CCOCCCC(=O)N1CCNC(=O)CC1. The molecule has 0 unspecified atom stereocenters. The van der Waals surface area contributed by atoms with E-state index in [0.717, 1.165) is 6.42 Å². The molecule has 0 aliphatic carbocycles. The third kappa shape index (κ3) is 4.61. The molecule has 1 aliphatic rings. The molecule has 0 aromatic rings. The van der Waals surface area contributed by atoms with Gasteiger partial charge in [-0.2, -0.15) is 0 Å². The second kappa shape index (κ2) is 7.22. The van der Waals surface area contributed by atoms with Crippen LogP contribution in [0.3, 0.4) is 0 Å². The smallest absolute Gasteiger partial charge is 0.222 e. The van der Waals surface area contributed by atoms with Crippen LogP contribution in [0.4, 0.5) is 0 Å². The molecule has 0 radical (unpaired) electrons. The van der Waals surface area contributed by atoms with E-state index in [0.29, 0.717) is 45.7 Å². The summed E-state index contributed by atoms with van der Waals surface area (Å²) in [6.45, 7) is 4.99. The van der Waals surface area contributed by atoms with Crippen LogP contribution in [0.5, 0.6) is 0 Å². The van der Waals surface area contributed by atoms with Gasteiger partial charge in [0, 0.05) is 45.7 Å². The Bertz CT molecular complexity index is 243. The summed E-state index contributed by atoms with van der Waals surface area (Å²) in [6.07, 6.45) is 1.68. The lowest BCUT2D eigenvalue weighted by molar-refractivity contribution is -0.131. The Balaban J connectivity index is 2.22. The summed E-state index contributed by atoms with van der Waals surface area (Å²) in [6, 6.07) is 0. The highest BCUT2D eigenvalue weighted by Gasteiger charge is 2.17. The van der Waals surface area contributed by atoms with Crippen molar-refractivity contribution < 1.29 is 14.3 Å². The molecule has 2 amide bonds. The van der Waals surface area contributed by atoms with Crippen LogP contribution in [0.2, 0.25) is 0 Å². The van der Waals surface area contributed by atoms with Gasteiger partial charge in [0.2, 0.25) is 11.8 Å². The molecule has 0 aromatic heterocycles. The predicted molar refractivity (Wildman–Crippen MR) is 59.9 cm³/mol. The maximum atomic E-state index is 11.8. The highest BCUT2D eigenvalue weighted by molar-refractivity contribution is 5.80. The zero-order valence-electron chi connectivity index (χ0n) is 9.83. The number of rotatable bonds is 5. The summed E-state index contributed by atoms with van der Waals surface area (Å²) in [5, 5.41) is 2.75. The van der Waals surface area contributed by atoms with Gasteiger partial charge >= 0.3 is 0 Å². The van der Waals surface area contributed by atoms with Crippen LogP contribution in [-0.4, -0.2) is 49.6 Å². The van der Waals surface area contributed by atoms with E-state index in [4.69, 9.17) is 4.74 Å². The fourth-order valence-electron chi connectivity index (χ4n) is 1.64. The maximum Gasteiger partial charge on any atom is 0.222 e. The topological polar surface area (TPSA) is 58.6 Å². The number of carbonyl (C=O) groups excluding carboxylic acids is 2. The second-order valence-corrected chi connectivity index (χ2v) is 3.78. The van der Waals surface area contributed by atoms with E-state index in [2.05, 4.69) is 5.32 Å². The number of nitrogens with zero attached hydrogens (tertiary/aromatic N) is 1. The van der Waals surface area contributed by atoms with Crippen molar-refractivity contribution in [2.75, 3.05) is 32.8 Å². The van der Waals surface area contributed by atoms with Gasteiger partial charge in [0.1, 0.15) is 0 Å². The summed E-state index contributed by atoms with van der Waals surface area (Å²) < 4.78 is 5.18. The lowest BCUT2D eigenvalue weighted by atomic mass is 10.2. The zero-order valence-corrected chi connectivity index (χ0v) is 9.83. The van der Waals surface area contributed by atoms with Gasteiger partial charge in [0.15, 0.2) is 0 Å². The zero-order chi connectivity index (χ0) is 11.8. The fraction of sp³-hybridized carbons (Fsp3) is 0.818. The van der Waals surface area contributed by atoms with Crippen LogP contribution in [-0.2, 0) is 14.3 Å². The fourth-order valence-corrected chi connectivity index (χ4v) is 1.64. The van der Waals surface area contributed by atoms with Crippen molar-refractivity contribution in [1.82, 2.24) is 10.2 Å². The Labute approximate surface area is 96.1 Å². The lowest BCUT2D eigenvalue weighted by Gasteiger charge is -2.19. The highest BCUT2D eigenvalue weighted by atomic mass is 16.5. The maximum absolute atomic E-state index is 11.8. The summed E-state index contributed by atoms with van der Waals surface area (Å²) in [7, 11) is 0. The van der Waals surface area contributed by atoms with Crippen LogP contribution in [0.1, 0.15) is 26.2 Å². The average Bonchev–Trinajstić information content (AvgIpc) is 2.49. The summed E-state index contributed by atoms with van der Waals surface area (Å²) in [4.78, 5) is 24.6. The average molecular weight is 228 g/mol. The van der Waals surface area contributed by atoms with E-state index in [1.165, 1.54) is 0 Å². The normalized spacial score (nSPS) is 16.8. The van der Waals surface area contributed by atoms with Crippen LogP contribution < -0.4 is 5.32 Å². The molecule has 0 aromatic carbocycles. The molecule has 0 atom stereocenters. The van der Waals surface area contributed by atoms with Gasteiger partial charge in [-0.1, -0.05) is 0 Å². The van der Waals surface area contributed by atoms with Gasteiger partial charge in [-0.25, -0.2) is 0 Å². The van der Waals surface area contributed by atoms with Crippen molar-refractivity contribution in [2.45, 2.75) is 26.2 Å². The van der Waals surface area contributed by atoms with Crippen molar-refractivity contribution in [3.8, 4) is 0 Å². The molecule has 5 heteroatoms. The van der Waals surface area contributed by atoms with Gasteiger partial charge < -0.3 is 15.0 Å². The van der Waals surface area contributed by atoms with Gasteiger partial charge in [-0.3, -0.25) is 9.59 Å². The van der Waals surface area contributed by atoms with Crippen LogP contribution in [0.15, 0.2) is 0 Å². The molecule has 1 N–H and O–H groups in total. The van der Waals surface area contributed by atoms with Crippen molar-refractivity contribution in [1.29, 1.82) is 0 Å². The highest BCUT2D eigenvalue weighted by Crippen LogP contribution is 2.02. The molecular formula is C11H20N2O3. The second-order valence-electron chi connectivity index (χ2n) is 3.78. The molecule has 92 valence electrons. The molecule has 0 spiro atoms. The number of carbonyl (C=O) groups is 2. The van der Waals surface area contributed by atoms with E-state index in [-0.39, 0.29) is 11.8 Å². The van der Waals surface area contributed by atoms with Gasteiger partial charge in [-0.15, -0.1) is 0 Å². The molecule has 5 nitrogen and oxygen atoms in total. The molecule has 16 heavy (non-hydrogen) atoms. The van der Waals surface area contributed by atoms with E-state index in [9.17, 15) is 9.59 Å². The molecular weight excluding hydrogens is 208 g/mol. The number of ether oxygens (including phenoxy) is 1. The summed E-state index contributed by atoms with van der Waals surface area (Å²) >= 11 is 0. The molecule has 0 saturated carbocycles. The van der Waals surface area contributed by atoms with Crippen molar-refractivity contribution in [3.05, 3.63) is 0 Å². The predicted octanol–water partition coefficient (Wildman–Crippen LogP) is 0.152. The van der Waals surface area contributed by atoms with Gasteiger partial charge in [0.05, 0.1) is 0 Å². The van der Waals surface area contributed by atoms with Crippen molar-refractivity contribution in [3.63, 3.8) is 0 Å². The minimum Gasteiger partial charge on any atom is -0.382 e. The Morgan fingerprint density at radius 3 is 3.06 bits per heavy atom. The molecule has 0 bridgehead atoms. The van der Waals surface area contributed by atoms with E-state index in [1.807, 2.05) is 6.92 Å². The number of hydrogen-bond acceptors (Lipinski definition) is 3. The van der Waals surface area contributed by atoms with Crippen molar-refractivity contribution >= 4 is 11.8 Å². The summed E-state index contributed by atoms with van der Waals surface area (Å²) in [5.74, 6) is 0.154. The molecule has 1 heterocycles. The molecule has 1 aliphatic heterocycles. The van der Waals surface area contributed by atoms with E-state index < -0.39 is 0 Å². The standard InChI is InChI=1S/C11H20N2O3/c1-2-16-9-3-4-11(15)13-7-5-10(14)12-6-8-13/h2-9H2,1H3,(H,12,14). The quantitative estimate of drug-likeness (QED) is 0.681. The van der Waals surface area contributed by atoms with Crippen LogP contribution in [0.25, 0.3) is 0 Å². The van der Waals surface area contributed by atoms with E-state index >= 15 is 0 Å². The number of nitrogens with one attached hydrogen (secondary N) is 1. The number of amides is 2. The molecule has 1 fully saturated rings. The van der Waals surface area contributed by atoms with E-state index in [1.54, 1.807) is 4.90 Å². The van der Waals surface area contributed by atoms with Crippen LogP contribution in [0, 0.1) is 0 Å². The first kappa shape index (κ1) is 13.0. The van der Waals surface area contributed by atoms with Gasteiger partial charge in [-0.05, 0) is 13.3 Å². The van der Waals surface area contributed by atoms with Crippen molar-refractivity contribution in [2.24, 2.45) is 0 Å². The summed E-state index contributed by atoms with van der Waals surface area (Å²) in [5.41, 5.74) is 0. The Morgan fingerprint density at radius 2 is 2.31 bits per heavy atom. The Morgan fingerprint density at radius 1 is 1.50 bits per heavy atom. The minimum absolute atomic E-state index is 0.0321. The minimum atomic E-state index is 0.0321. The third-order valence-corrected chi connectivity index (χ3v) is 2.55. The van der Waals surface area contributed by atoms with Crippen LogP contribution >= 0.6 is 0 Å². The van der Waals surface area contributed by atoms with Gasteiger partial charge in [0.25, 0.3) is 0 Å². The Kier molecular flexibility index (Phi) is 5.85. The largest absolute Gasteiger partial charge is 0.382 e. The first-order valence-corrected chi connectivity index (χ1v) is 5.86. The Hall–Kier alpha value is -1.10. The number of hydrogen-bond donors (Lipinski definition) is 1. The molecule has 1 saturated heterocycles. The monoisotopic (exact) mass is 228 g/mol. The third-order valence-electron chi connectivity index (χ3n) is 2.55. The first-order chi connectivity index (χ1) is 7.74.